The van der Waals surface area contributed by atoms with Crippen molar-refractivity contribution in [2.75, 3.05) is 25.1 Å². The third kappa shape index (κ3) is 4.32. The second-order valence-corrected chi connectivity index (χ2v) is 4.53. The van der Waals surface area contributed by atoms with Crippen LogP contribution in [-0.4, -0.2) is 31.3 Å². The molecule has 96 valence electrons. The van der Waals surface area contributed by atoms with Gasteiger partial charge in [0, 0.05) is 26.3 Å². The summed E-state index contributed by atoms with van der Waals surface area (Å²) in [6.07, 6.45) is 2.11. The van der Waals surface area contributed by atoms with E-state index in [0.717, 1.165) is 23.5 Å². The van der Waals surface area contributed by atoms with Crippen LogP contribution in [0.5, 0.6) is 0 Å². The molecule has 0 saturated heterocycles. The Kier molecular flexibility index (Phi) is 5.38. The number of nitrogens with zero attached hydrogens (tertiary/aromatic N) is 2. The van der Waals surface area contributed by atoms with Gasteiger partial charge in [0.1, 0.15) is 5.82 Å². The number of hydrogen-bond donors (Lipinski definition) is 1. The van der Waals surface area contributed by atoms with Gasteiger partial charge in [-0.25, -0.2) is 4.98 Å². The smallest absolute Gasteiger partial charge is 0.131 e. The minimum absolute atomic E-state index is 0.275. The highest BCUT2D eigenvalue weighted by molar-refractivity contribution is 5.46. The standard InChI is InChI=1S/C13H23N3O/c1-10(2)17-6-5-16(4)13-11(3)7-12(8-14)9-15-13/h7,9-10H,5-6,8,14H2,1-4H3. The SMILES string of the molecule is Cc1cc(CN)cnc1N(C)CCOC(C)C. The summed E-state index contributed by atoms with van der Waals surface area (Å²) < 4.78 is 5.53. The lowest BCUT2D eigenvalue weighted by Gasteiger charge is -2.21. The molecule has 0 saturated carbocycles. The van der Waals surface area contributed by atoms with Gasteiger partial charge >= 0.3 is 0 Å². The molecule has 0 amide bonds. The molecule has 0 aliphatic heterocycles. The Hall–Kier alpha value is -1.13. The van der Waals surface area contributed by atoms with Crippen molar-refractivity contribution in [1.29, 1.82) is 0 Å². The molecule has 1 heterocycles. The highest BCUT2D eigenvalue weighted by atomic mass is 16.5. The average molecular weight is 237 g/mol. The van der Waals surface area contributed by atoms with Crippen molar-refractivity contribution in [3.05, 3.63) is 23.4 Å². The Balaban J connectivity index is 2.59. The van der Waals surface area contributed by atoms with Crippen LogP contribution in [0.1, 0.15) is 25.0 Å². The molecule has 0 aliphatic rings. The fourth-order valence-electron chi connectivity index (χ4n) is 1.67. The van der Waals surface area contributed by atoms with Crippen LogP contribution < -0.4 is 10.6 Å². The van der Waals surface area contributed by atoms with Crippen LogP contribution in [0.4, 0.5) is 5.82 Å². The Labute approximate surface area is 104 Å². The van der Waals surface area contributed by atoms with Crippen molar-refractivity contribution in [2.24, 2.45) is 5.73 Å². The van der Waals surface area contributed by atoms with Crippen molar-refractivity contribution in [2.45, 2.75) is 33.4 Å². The number of hydrogen-bond acceptors (Lipinski definition) is 4. The first-order valence-corrected chi connectivity index (χ1v) is 6.03. The first kappa shape index (κ1) is 13.9. The predicted molar refractivity (Wildman–Crippen MR) is 71.2 cm³/mol. The maximum absolute atomic E-state index is 5.58. The van der Waals surface area contributed by atoms with E-state index in [1.165, 1.54) is 0 Å². The lowest BCUT2D eigenvalue weighted by atomic mass is 10.2. The Morgan fingerprint density at radius 3 is 2.71 bits per heavy atom. The van der Waals surface area contributed by atoms with E-state index in [2.05, 4.69) is 22.9 Å². The minimum Gasteiger partial charge on any atom is -0.377 e. The zero-order chi connectivity index (χ0) is 12.8. The Bertz CT molecular complexity index is 353. The minimum atomic E-state index is 0.275. The van der Waals surface area contributed by atoms with Crippen molar-refractivity contribution in [3.63, 3.8) is 0 Å². The Morgan fingerprint density at radius 2 is 2.18 bits per heavy atom. The number of nitrogens with two attached hydrogens (primary N) is 1. The highest BCUT2D eigenvalue weighted by Crippen LogP contribution is 2.16. The summed E-state index contributed by atoms with van der Waals surface area (Å²) in [7, 11) is 2.03. The summed E-state index contributed by atoms with van der Waals surface area (Å²) in [5, 5.41) is 0. The molecule has 0 atom stereocenters. The third-order valence-corrected chi connectivity index (χ3v) is 2.58. The van der Waals surface area contributed by atoms with E-state index in [4.69, 9.17) is 10.5 Å². The number of likely N-dealkylation sites (N-methyl/N-ethyl adjacent to an activating group) is 1. The third-order valence-electron chi connectivity index (χ3n) is 2.58. The van der Waals surface area contributed by atoms with E-state index < -0.39 is 0 Å². The molecule has 0 spiro atoms. The molecule has 0 unspecified atom stereocenters. The summed E-state index contributed by atoms with van der Waals surface area (Å²) in [6.45, 7) is 8.23. The number of ether oxygens (including phenoxy) is 1. The molecule has 0 bridgehead atoms. The highest BCUT2D eigenvalue weighted by Gasteiger charge is 2.07. The van der Waals surface area contributed by atoms with Crippen LogP contribution >= 0.6 is 0 Å². The largest absolute Gasteiger partial charge is 0.377 e. The van der Waals surface area contributed by atoms with Gasteiger partial charge in [-0.3, -0.25) is 0 Å². The van der Waals surface area contributed by atoms with E-state index >= 15 is 0 Å². The van der Waals surface area contributed by atoms with Gasteiger partial charge in [0.05, 0.1) is 12.7 Å². The second-order valence-electron chi connectivity index (χ2n) is 4.53. The van der Waals surface area contributed by atoms with Crippen LogP contribution in [0.25, 0.3) is 0 Å². The molecule has 0 fully saturated rings. The number of aromatic nitrogens is 1. The Morgan fingerprint density at radius 1 is 1.47 bits per heavy atom. The molecule has 0 aliphatic carbocycles. The molecule has 0 radical (unpaired) electrons. The van der Waals surface area contributed by atoms with Gasteiger partial charge in [0.15, 0.2) is 0 Å². The molecular formula is C13H23N3O. The van der Waals surface area contributed by atoms with E-state index in [0.29, 0.717) is 13.2 Å². The van der Waals surface area contributed by atoms with E-state index in [1.54, 1.807) is 0 Å². The lowest BCUT2D eigenvalue weighted by molar-refractivity contribution is 0.0845. The van der Waals surface area contributed by atoms with E-state index in [-0.39, 0.29) is 6.10 Å². The topological polar surface area (TPSA) is 51.4 Å². The van der Waals surface area contributed by atoms with Crippen molar-refractivity contribution < 1.29 is 4.74 Å². The van der Waals surface area contributed by atoms with Crippen molar-refractivity contribution in [1.82, 2.24) is 4.98 Å². The van der Waals surface area contributed by atoms with Gasteiger partial charge in [-0.1, -0.05) is 0 Å². The van der Waals surface area contributed by atoms with Crippen LogP contribution in [0.3, 0.4) is 0 Å². The van der Waals surface area contributed by atoms with Gasteiger partial charge in [-0.15, -0.1) is 0 Å². The first-order valence-electron chi connectivity index (χ1n) is 6.03. The molecule has 4 nitrogen and oxygen atoms in total. The maximum atomic E-state index is 5.58. The number of pyridine rings is 1. The molecule has 1 aromatic rings. The van der Waals surface area contributed by atoms with Gasteiger partial charge in [-0.05, 0) is 38.0 Å². The summed E-state index contributed by atoms with van der Waals surface area (Å²) in [6, 6.07) is 2.09. The van der Waals surface area contributed by atoms with Gasteiger partial charge in [0.2, 0.25) is 0 Å². The van der Waals surface area contributed by atoms with Gasteiger partial charge in [0.25, 0.3) is 0 Å². The van der Waals surface area contributed by atoms with Crippen LogP contribution in [0, 0.1) is 6.92 Å². The molecule has 4 heteroatoms. The summed E-state index contributed by atoms with van der Waals surface area (Å²) in [5.41, 5.74) is 7.81. The fraction of sp³-hybridized carbons (Fsp3) is 0.615. The quantitative estimate of drug-likeness (QED) is 0.818. The van der Waals surface area contributed by atoms with Crippen LogP contribution in [-0.2, 0) is 11.3 Å². The lowest BCUT2D eigenvalue weighted by Crippen LogP contribution is -2.25. The zero-order valence-electron chi connectivity index (χ0n) is 11.2. The molecule has 2 N–H and O–H groups in total. The normalized spacial score (nSPS) is 10.9. The van der Waals surface area contributed by atoms with Crippen LogP contribution in [0.15, 0.2) is 12.3 Å². The van der Waals surface area contributed by atoms with Crippen molar-refractivity contribution >= 4 is 5.82 Å². The number of aryl methyl sites for hydroxylation is 1. The van der Waals surface area contributed by atoms with Gasteiger partial charge in [-0.2, -0.15) is 0 Å². The van der Waals surface area contributed by atoms with E-state index in [9.17, 15) is 0 Å². The number of rotatable bonds is 6. The molecule has 1 rings (SSSR count). The molecule has 17 heavy (non-hydrogen) atoms. The summed E-state index contributed by atoms with van der Waals surface area (Å²) in [5.74, 6) is 0.995. The van der Waals surface area contributed by atoms with E-state index in [1.807, 2.05) is 27.1 Å². The second kappa shape index (κ2) is 6.57. The van der Waals surface area contributed by atoms with Crippen molar-refractivity contribution in [3.8, 4) is 0 Å². The first-order chi connectivity index (χ1) is 8.04. The van der Waals surface area contributed by atoms with Gasteiger partial charge < -0.3 is 15.4 Å². The summed E-state index contributed by atoms with van der Waals surface area (Å²) >= 11 is 0. The predicted octanol–water partition coefficient (Wildman–Crippen LogP) is 1.71. The monoisotopic (exact) mass is 237 g/mol. The zero-order valence-corrected chi connectivity index (χ0v) is 11.2. The van der Waals surface area contributed by atoms with Crippen LogP contribution in [0.2, 0.25) is 0 Å². The summed E-state index contributed by atoms with van der Waals surface area (Å²) in [4.78, 5) is 6.55. The maximum Gasteiger partial charge on any atom is 0.131 e. The molecule has 0 aromatic carbocycles. The molecular weight excluding hydrogens is 214 g/mol. The average Bonchev–Trinajstić information content (AvgIpc) is 2.28. The fourth-order valence-corrected chi connectivity index (χ4v) is 1.67. The number of anilines is 1. The molecule has 1 aromatic heterocycles.